The van der Waals surface area contributed by atoms with Gasteiger partial charge < -0.3 is 19.4 Å². The highest BCUT2D eigenvalue weighted by Gasteiger charge is 2.39. The van der Waals surface area contributed by atoms with E-state index in [0.717, 1.165) is 5.56 Å². The quantitative estimate of drug-likeness (QED) is 0.908. The first-order valence-corrected chi connectivity index (χ1v) is 8.29. The first-order valence-electron chi connectivity index (χ1n) is 8.29. The van der Waals surface area contributed by atoms with Gasteiger partial charge in [0.15, 0.2) is 0 Å². The summed E-state index contributed by atoms with van der Waals surface area (Å²) in [5.41, 5.74) is 3.31. The van der Waals surface area contributed by atoms with Crippen molar-refractivity contribution in [3.05, 3.63) is 23.0 Å². The normalized spacial score (nSPS) is 28.4. The van der Waals surface area contributed by atoms with Crippen molar-refractivity contribution in [3.8, 4) is 0 Å². The Morgan fingerprint density at radius 2 is 1.68 bits per heavy atom. The van der Waals surface area contributed by atoms with Crippen molar-refractivity contribution in [2.24, 2.45) is 0 Å². The molecule has 1 amide bonds. The number of hydrogen-bond acceptors (Lipinski definition) is 3. The van der Waals surface area contributed by atoms with Gasteiger partial charge in [-0.05, 0) is 43.6 Å². The van der Waals surface area contributed by atoms with Crippen molar-refractivity contribution in [1.82, 2.24) is 9.88 Å². The Morgan fingerprint density at radius 3 is 2.18 bits per heavy atom. The lowest BCUT2D eigenvalue weighted by Gasteiger charge is -2.16. The molecule has 1 aromatic rings. The molecule has 1 N–H and O–H groups in total. The molecule has 22 heavy (non-hydrogen) atoms. The van der Waals surface area contributed by atoms with Gasteiger partial charge in [-0.1, -0.05) is 0 Å². The SMILES string of the molecule is CO[C@H]1CN(C(=O)c2cc(C3CC3)[nH]c2C2CC2)C[C@H]1OC. The zero-order valence-electron chi connectivity index (χ0n) is 13.3. The number of likely N-dealkylation sites (tertiary alicyclic amines) is 1. The summed E-state index contributed by atoms with van der Waals surface area (Å²) in [6.45, 7) is 1.23. The molecule has 2 heterocycles. The lowest BCUT2D eigenvalue weighted by molar-refractivity contribution is -0.00461. The van der Waals surface area contributed by atoms with Crippen LogP contribution >= 0.6 is 0 Å². The number of ether oxygens (including phenoxy) is 2. The van der Waals surface area contributed by atoms with E-state index in [9.17, 15) is 4.79 Å². The summed E-state index contributed by atoms with van der Waals surface area (Å²) in [4.78, 5) is 18.4. The maximum atomic E-state index is 13.0. The highest BCUT2D eigenvalue weighted by molar-refractivity contribution is 5.96. The number of carbonyl (C=O) groups is 1. The van der Waals surface area contributed by atoms with E-state index in [1.165, 1.54) is 37.1 Å². The van der Waals surface area contributed by atoms with E-state index in [1.54, 1.807) is 14.2 Å². The minimum absolute atomic E-state index is 0.0276. The van der Waals surface area contributed by atoms with Gasteiger partial charge in [0, 0.05) is 38.7 Å². The molecule has 1 saturated heterocycles. The molecule has 120 valence electrons. The van der Waals surface area contributed by atoms with Crippen LogP contribution in [0.25, 0.3) is 0 Å². The highest BCUT2D eigenvalue weighted by atomic mass is 16.5. The van der Waals surface area contributed by atoms with Gasteiger partial charge in [-0.3, -0.25) is 4.79 Å². The lowest BCUT2D eigenvalue weighted by Crippen LogP contribution is -2.30. The van der Waals surface area contributed by atoms with E-state index in [0.29, 0.717) is 24.9 Å². The average Bonchev–Trinajstić information content (AvgIpc) is 3.47. The number of methoxy groups -OCH3 is 2. The van der Waals surface area contributed by atoms with Gasteiger partial charge in [-0.25, -0.2) is 0 Å². The van der Waals surface area contributed by atoms with Crippen LogP contribution in [0.15, 0.2) is 6.07 Å². The van der Waals surface area contributed by atoms with Crippen molar-refractivity contribution in [3.63, 3.8) is 0 Å². The van der Waals surface area contributed by atoms with Crippen LogP contribution in [0.5, 0.6) is 0 Å². The predicted octanol–water partition coefficient (Wildman–Crippen LogP) is 2.26. The molecule has 2 aliphatic carbocycles. The summed E-state index contributed by atoms with van der Waals surface area (Å²) in [6.07, 6.45) is 4.85. The van der Waals surface area contributed by atoms with Gasteiger partial charge in [0.1, 0.15) is 12.2 Å². The van der Waals surface area contributed by atoms with E-state index in [1.807, 2.05) is 4.90 Å². The smallest absolute Gasteiger partial charge is 0.255 e. The third-order valence-corrected chi connectivity index (χ3v) is 5.21. The zero-order valence-corrected chi connectivity index (χ0v) is 13.3. The summed E-state index contributed by atoms with van der Waals surface area (Å²) >= 11 is 0. The Kier molecular flexibility index (Phi) is 3.50. The minimum atomic E-state index is -0.0276. The molecule has 0 spiro atoms. The molecular formula is C17H24N2O3. The van der Waals surface area contributed by atoms with E-state index in [4.69, 9.17) is 9.47 Å². The highest BCUT2D eigenvalue weighted by Crippen LogP contribution is 2.46. The van der Waals surface area contributed by atoms with Crippen molar-refractivity contribution in [2.45, 2.75) is 49.7 Å². The van der Waals surface area contributed by atoms with Crippen LogP contribution in [0.2, 0.25) is 0 Å². The number of carbonyl (C=O) groups excluding carboxylic acids is 1. The second-order valence-electron chi connectivity index (χ2n) is 6.86. The second-order valence-corrected chi connectivity index (χ2v) is 6.86. The molecule has 1 aromatic heterocycles. The Morgan fingerprint density at radius 1 is 1.09 bits per heavy atom. The third kappa shape index (κ3) is 2.46. The van der Waals surface area contributed by atoms with Crippen LogP contribution in [-0.4, -0.2) is 55.3 Å². The fourth-order valence-electron chi connectivity index (χ4n) is 3.51. The van der Waals surface area contributed by atoms with Gasteiger partial charge in [0.2, 0.25) is 0 Å². The number of H-pyrrole nitrogens is 1. The number of aromatic amines is 1. The number of rotatable bonds is 5. The molecular weight excluding hydrogens is 280 g/mol. The van der Waals surface area contributed by atoms with Gasteiger partial charge in [-0.15, -0.1) is 0 Å². The van der Waals surface area contributed by atoms with Crippen LogP contribution in [0, 0.1) is 0 Å². The molecule has 0 bridgehead atoms. The van der Waals surface area contributed by atoms with Gasteiger partial charge >= 0.3 is 0 Å². The van der Waals surface area contributed by atoms with Gasteiger partial charge in [0.25, 0.3) is 5.91 Å². The van der Waals surface area contributed by atoms with Crippen molar-refractivity contribution < 1.29 is 14.3 Å². The predicted molar refractivity (Wildman–Crippen MR) is 82.2 cm³/mol. The number of aromatic nitrogens is 1. The average molecular weight is 304 g/mol. The third-order valence-electron chi connectivity index (χ3n) is 5.21. The number of hydrogen-bond donors (Lipinski definition) is 1. The Balaban J connectivity index is 1.57. The molecule has 5 nitrogen and oxygen atoms in total. The fraction of sp³-hybridized carbons (Fsp3) is 0.706. The first-order chi connectivity index (χ1) is 10.7. The molecule has 2 atom stereocenters. The molecule has 3 aliphatic rings. The zero-order chi connectivity index (χ0) is 15.3. The Hall–Kier alpha value is -1.33. The van der Waals surface area contributed by atoms with Crippen LogP contribution in [0.4, 0.5) is 0 Å². The molecule has 0 unspecified atom stereocenters. The van der Waals surface area contributed by atoms with E-state index < -0.39 is 0 Å². The topological polar surface area (TPSA) is 54.6 Å². The number of nitrogens with zero attached hydrogens (tertiary/aromatic N) is 1. The molecule has 1 aliphatic heterocycles. The summed E-state index contributed by atoms with van der Waals surface area (Å²) < 4.78 is 10.9. The monoisotopic (exact) mass is 304 g/mol. The van der Waals surface area contributed by atoms with Crippen molar-refractivity contribution in [1.29, 1.82) is 0 Å². The first kappa shape index (κ1) is 14.3. The molecule has 0 radical (unpaired) electrons. The van der Waals surface area contributed by atoms with Crippen LogP contribution in [0.3, 0.4) is 0 Å². The van der Waals surface area contributed by atoms with Gasteiger partial charge in [-0.2, -0.15) is 0 Å². The maximum Gasteiger partial charge on any atom is 0.255 e. The Bertz CT molecular complexity index is 562. The fourth-order valence-corrected chi connectivity index (χ4v) is 3.51. The summed E-state index contributed by atoms with van der Waals surface area (Å²) in [5.74, 6) is 1.34. The largest absolute Gasteiger partial charge is 0.377 e. The Labute approximate surface area is 131 Å². The van der Waals surface area contributed by atoms with E-state index in [2.05, 4.69) is 11.1 Å². The number of amides is 1. The van der Waals surface area contributed by atoms with Crippen LogP contribution < -0.4 is 0 Å². The molecule has 2 saturated carbocycles. The summed E-state index contributed by atoms with van der Waals surface area (Å²) in [7, 11) is 3.36. The van der Waals surface area contributed by atoms with Crippen molar-refractivity contribution in [2.75, 3.05) is 27.3 Å². The van der Waals surface area contributed by atoms with Crippen LogP contribution in [-0.2, 0) is 9.47 Å². The standard InChI is InChI=1S/C17H24N2O3/c1-21-14-8-19(9-15(14)22-2)17(20)12-7-13(10-3-4-10)18-16(12)11-5-6-11/h7,10-11,14-15,18H,3-6,8-9H2,1-2H3/t14-,15+. The molecule has 0 aromatic carbocycles. The molecule has 3 fully saturated rings. The maximum absolute atomic E-state index is 13.0. The van der Waals surface area contributed by atoms with Crippen LogP contribution in [0.1, 0.15) is 59.3 Å². The second kappa shape index (κ2) is 5.39. The van der Waals surface area contributed by atoms with E-state index >= 15 is 0 Å². The molecule has 4 rings (SSSR count). The minimum Gasteiger partial charge on any atom is -0.377 e. The number of nitrogens with one attached hydrogen (secondary N) is 1. The summed E-state index contributed by atoms with van der Waals surface area (Å²) in [6, 6.07) is 2.11. The van der Waals surface area contributed by atoms with Gasteiger partial charge in [0.05, 0.1) is 5.56 Å². The van der Waals surface area contributed by atoms with Crippen molar-refractivity contribution >= 4 is 5.91 Å². The summed E-state index contributed by atoms with van der Waals surface area (Å²) in [5, 5.41) is 0. The van der Waals surface area contributed by atoms with E-state index in [-0.39, 0.29) is 18.1 Å². The molecule has 5 heteroatoms. The lowest BCUT2D eigenvalue weighted by atomic mass is 10.1.